The van der Waals surface area contributed by atoms with Gasteiger partial charge in [0.05, 0.1) is 12.2 Å². The van der Waals surface area contributed by atoms with Crippen LogP contribution in [0, 0.1) is 18.8 Å². The third kappa shape index (κ3) is 3.65. The van der Waals surface area contributed by atoms with Crippen LogP contribution >= 0.6 is 0 Å². The smallest absolute Gasteiger partial charge is 0.407 e. The molecule has 4 rings (SSSR count). The van der Waals surface area contributed by atoms with E-state index in [4.69, 9.17) is 16.2 Å². The van der Waals surface area contributed by atoms with Gasteiger partial charge in [0.15, 0.2) is 0 Å². The van der Waals surface area contributed by atoms with Crippen molar-refractivity contribution in [1.82, 2.24) is 10.3 Å². The van der Waals surface area contributed by atoms with E-state index in [1.807, 2.05) is 31.2 Å². The Morgan fingerprint density at radius 3 is 2.40 bits per heavy atom. The number of aromatic nitrogens is 1. The van der Waals surface area contributed by atoms with Crippen LogP contribution in [0.5, 0.6) is 0 Å². The molecule has 2 aromatic carbocycles. The molecule has 6 heteroatoms. The second-order valence-corrected chi connectivity index (χ2v) is 7.08. The summed E-state index contributed by atoms with van der Waals surface area (Å²) in [6.45, 7) is 2.25. The van der Waals surface area contributed by atoms with Crippen molar-refractivity contribution in [3.05, 3.63) is 77.0 Å². The number of anilines is 2. The van der Waals surface area contributed by atoms with E-state index in [1.54, 1.807) is 6.20 Å². The van der Waals surface area contributed by atoms with Gasteiger partial charge < -0.3 is 21.5 Å². The standard InChI is InChI=1S/C24H22N4O2/c1-15-16(13-28-23(26)22(15)25)7-6-12-27-24(29)30-14-21-19-10-4-2-8-17(19)18-9-3-5-11-20(18)21/h2-5,8-11,13,21H,12,14,25H2,1H3,(H2,26,28)(H,27,29). The number of ether oxygens (including phenoxy) is 1. The van der Waals surface area contributed by atoms with Gasteiger partial charge in [0.25, 0.3) is 0 Å². The van der Waals surface area contributed by atoms with Gasteiger partial charge in [-0.15, -0.1) is 0 Å². The van der Waals surface area contributed by atoms with E-state index in [-0.39, 0.29) is 24.9 Å². The van der Waals surface area contributed by atoms with E-state index in [0.717, 1.165) is 5.56 Å². The van der Waals surface area contributed by atoms with Crippen molar-refractivity contribution >= 4 is 17.6 Å². The Kier molecular flexibility index (Phi) is 5.27. The molecule has 3 aromatic rings. The summed E-state index contributed by atoms with van der Waals surface area (Å²) in [7, 11) is 0. The van der Waals surface area contributed by atoms with Crippen LogP contribution < -0.4 is 16.8 Å². The first-order chi connectivity index (χ1) is 14.6. The van der Waals surface area contributed by atoms with Gasteiger partial charge in [0.2, 0.25) is 0 Å². The van der Waals surface area contributed by atoms with Crippen molar-refractivity contribution in [1.29, 1.82) is 0 Å². The van der Waals surface area contributed by atoms with Gasteiger partial charge >= 0.3 is 6.09 Å². The van der Waals surface area contributed by atoms with Crippen LogP contribution in [0.1, 0.15) is 28.2 Å². The summed E-state index contributed by atoms with van der Waals surface area (Å²) in [5.74, 6) is 6.14. The number of nitrogens with one attached hydrogen (secondary N) is 1. The summed E-state index contributed by atoms with van der Waals surface area (Å²) >= 11 is 0. The number of fused-ring (bicyclic) bond motifs is 3. The van der Waals surface area contributed by atoms with Gasteiger partial charge in [-0.1, -0.05) is 60.4 Å². The van der Waals surface area contributed by atoms with Crippen molar-refractivity contribution < 1.29 is 9.53 Å². The fourth-order valence-corrected chi connectivity index (χ4v) is 3.67. The average molecular weight is 398 g/mol. The first kappa shape index (κ1) is 19.3. The zero-order valence-corrected chi connectivity index (χ0v) is 16.6. The lowest BCUT2D eigenvalue weighted by Gasteiger charge is -2.14. The molecule has 0 fully saturated rings. The maximum absolute atomic E-state index is 12.2. The molecule has 1 heterocycles. The number of alkyl carbamates (subject to hydrolysis) is 1. The summed E-state index contributed by atoms with van der Waals surface area (Å²) < 4.78 is 5.48. The first-order valence-corrected chi connectivity index (χ1v) is 9.64. The van der Waals surface area contributed by atoms with E-state index in [0.29, 0.717) is 11.3 Å². The van der Waals surface area contributed by atoms with Gasteiger partial charge in [-0.05, 0) is 34.7 Å². The zero-order valence-electron chi connectivity index (χ0n) is 16.6. The maximum Gasteiger partial charge on any atom is 0.407 e. The van der Waals surface area contributed by atoms with Crippen molar-refractivity contribution in [2.45, 2.75) is 12.8 Å². The molecule has 0 unspecified atom stereocenters. The van der Waals surface area contributed by atoms with Gasteiger partial charge in [-0.2, -0.15) is 0 Å². The Balaban J connectivity index is 1.36. The maximum atomic E-state index is 12.2. The molecule has 0 bridgehead atoms. The highest BCUT2D eigenvalue weighted by Crippen LogP contribution is 2.44. The second-order valence-electron chi connectivity index (χ2n) is 7.08. The predicted octanol–water partition coefficient (Wildman–Crippen LogP) is 3.44. The lowest BCUT2D eigenvalue weighted by atomic mass is 9.98. The molecule has 0 atom stereocenters. The molecule has 0 aliphatic heterocycles. The topological polar surface area (TPSA) is 103 Å². The predicted molar refractivity (Wildman–Crippen MR) is 118 cm³/mol. The molecule has 0 saturated carbocycles. The fraction of sp³-hybridized carbons (Fsp3) is 0.167. The van der Waals surface area contributed by atoms with Gasteiger partial charge in [0, 0.05) is 17.7 Å². The Morgan fingerprint density at radius 2 is 1.73 bits per heavy atom. The summed E-state index contributed by atoms with van der Waals surface area (Å²) in [6, 6.07) is 16.4. The van der Waals surface area contributed by atoms with Gasteiger partial charge in [-0.25, -0.2) is 9.78 Å². The molecular weight excluding hydrogens is 376 g/mol. The Hall–Kier alpha value is -3.98. The van der Waals surface area contributed by atoms with E-state index in [9.17, 15) is 4.79 Å². The fourth-order valence-electron chi connectivity index (χ4n) is 3.67. The zero-order chi connectivity index (χ0) is 21.1. The molecule has 0 radical (unpaired) electrons. The SMILES string of the molecule is Cc1c(C#CCNC(=O)OCC2c3ccccc3-c3ccccc32)cnc(N)c1N. The van der Waals surface area contributed by atoms with Crippen molar-refractivity contribution in [3.63, 3.8) is 0 Å². The Bertz CT molecular complexity index is 1130. The molecule has 1 aliphatic carbocycles. The lowest BCUT2D eigenvalue weighted by molar-refractivity contribution is 0.144. The Labute approximate surface area is 175 Å². The number of benzene rings is 2. The van der Waals surface area contributed by atoms with Crippen molar-refractivity contribution in [2.75, 3.05) is 24.6 Å². The van der Waals surface area contributed by atoms with Crippen LogP contribution in [0.4, 0.5) is 16.3 Å². The van der Waals surface area contributed by atoms with Crippen LogP contribution in [-0.2, 0) is 4.74 Å². The normalized spacial score (nSPS) is 11.8. The molecule has 0 spiro atoms. The quantitative estimate of drug-likeness (QED) is 0.587. The second kappa shape index (κ2) is 8.18. The van der Waals surface area contributed by atoms with E-state index < -0.39 is 6.09 Å². The molecule has 150 valence electrons. The van der Waals surface area contributed by atoms with Crippen molar-refractivity contribution in [3.8, 4) is 23.0 Å². The lowest BCUT2D eigenvalue weighted by Crippen LogP contribution is -2.26. The minimum atomic E-state index is -0.502. The number of nitrogens with zero attached hydrogens (tertiary/aromatic N) is 1. The number of hydrogen-bond donors (Lipinski definition) is 3. The van der Waals surface area contributed by atoms with Crippen LogP contribution in [-0.4, -0.2) is 24.2 Å². The summed E-state index contributed by atoms with van der Waals surface area (Å²) in [6.07, 6.45) is 1.07. The largest absolute Gasteiger partial charge is 0.449 e. The van der Waals surface area contributed by atoms with E-state index >= 15 is 0 Å². The van der Waals surface area contributed by atoms with Crippen LogP contribution in [0.15, 0.2) is 54.7 Å². The molecule has 1 aliphatic rings. The number of rotatable bonds is 3. The number of carbonyl (C=O) groups excluding carboxylic acids is 1. The average Bonchev–Trinajstić information content (AvgIpc) is 3.09. The van der Waals surface area contributed by atoms with Crippen LogP contribution in [0.2, 0.25) is 0 Å². The summed E-state index contributed by atoms with van der Waals surface area (Å²) in [5, 5.41) is 2.66. The molecule has 0 saturated heterocycles. The number of amides is 1. The summed E-state index contributed by atoms with van der Waals surface area (Å²) in [4.78, 5) is 16.2. The number of nitrogens with two attached hydrogens (primary N) is 2. The van der Waals surface area contributed by atoms with Crippen molar-refractivity contribution in [2.24, 2.45) is 0 Å². The number of pyridine rings is 1. The van der Waals surface area contributed by atoms with E-state index in [1.165, 1.54) is 22.3 Å². The molecule has 30 heavy (non-hydrogen) atoms. The first-order valence-electron chi connectivity index (χ1n) is 9.64. The van der Waals surface area contributed by atoms with Crippen LogP contribution in [0.25, 0.3) is 11.1 Å². The van der Waals surface area contributed by atoms with Gasteiger partial charge in [0.1, 0.15) is 12.4 Å². The number of nitrogen functional groups attached to an aromatic ring is 2. The number of carbonyl (C=O) groups is 1. The van der Waals surface area contributed by atoms with Gasteiger partial charge in [-0.3, -0.25) is 0 Å². The highest BCUT2D eigenvalue weighted by molar-refractivity contribution is 5.79. The minimum absolute atomic E-state index is 0.0284. The summed E-state index contributed by atoms with van der Waals surface area (Å²) in [5.41, 5.74) is 18.1. The Morgan fingerprint density at radius 1 is 1.10 bits per heavy atom. The third-order valence-corrected chi connectivity index (χ3v) is 5.30. The monoisotopic (exact) mass is 398 g/mol. The molecule has 1 aromatic heterocycles. The molecular formula is C24H22N4O2. The third-order valence-electron chi connectivity index (χ3n) is 5.30. The molecule has 6 nitrogen and oxygen atoms in total. The highest BCUT2D eigenvalue weighted by Gasteiger charge is 2.28. The number of hydrogen-bond acceptors (Lipinski definition) is 5. The minimum Gasteiger partial charge on any atom is -0.449 e. The van der Waals surface area contributed by atoms with Crippen LogP contribution in [0.3, 0.4) is 0 Å². The molecule has 5 N–H and O–H groups in total. The highest BCUT2D eigenvalue weighted by atomic mass is 16.5. The molecule has 1 amide bonds. The van der Waals surface area contributed by atoms with E-state index in [2.05, 4.69) is 46.4 Å².